The van der Waals surface area contributed by atoms with Crippen LogP contribution < -0.4 is 20.7 Å². The van der Waals surface area contributed by atoms with E-state index >= 15 is 0 Å². The third-order valence-corrected chi connectivity index (χ3v) is 5.94. The van der Waals surface area contributed by atoms with E-state index in [0.29, 0.717) is 40.2 Å². The second kappa shape index (κ2) is 12.0. The highest BCUT2D eigenvalue weighted by atomic mass is 32.2. The molecule has 0 aliphatic heterocycles. The summed E-state index contributed by atoms with van der Waals surface area (Å²) >= 11 is 2.77. The van der Waals surface area contributed by atoms with Gasteiger partial charge in [-0.25, -0.2) is 4.98 Å². The van der Waals surface area contributed by atoms with Gasteiger partial charge in [-0.3, -0.25) is 19.7 Å². The summed E-state index contributed by atoms with van der Waals surface area (Å²) in [7, 11) is 0. The number of thiazole rings is 1. The third-order valence-electron chi connectivity index (χ3n) is 4.17. The van der Waals surface area contributed by atoms with Gasteiger partial charge in [0, 0.05) is 35.0 Å². The summed E-state index contributed by atoms with van der Waals surface area (Å²) < 4.78 is 5.38. The molecule has 33 heavy (non-hydrogen) atoms. The zero-order valence-corrected chi connectivity index (χ0v) is 19.8. The van der Waals surface area contributed by atoms with E-state index < -0.39 is 0 Å². The SMILES string of the molecule is CCOc1ccc(C(=O)Nc2nc(CSCC(=O)Nc3ccc(NC(C)=O)cc3)cs2)cc1. The van der Waals surface area contributed by atoms with Gasteiger partial charge in [0.15, 0.2) is 5.13 Å². The fourth-order valence-electron chi connectivity index (χ4n) is 2.75. The molecule has 10 heteroatoms. The Morgan fingerprint density at radius 2 is 1.64 bits per heavy atom. The van der Waals surface area contributed by atoms with Crippen LogP contribution in [0.15, 0.2) is 53.9 Å². The Kier molecular flexibility index (Phi) is 8.85. The van der Waals surface area contributed by atoms with E-state index in [2.05, 4.69) is 20.9 Å². The van der Waals surface area contributed by atoms with Crippen LogP contribution in [0.4, 0.5) is 16.5 Å². The van der Waals surface area contributed by atoms with Gasteiger partial charge in [-0.2, -0.15) is 0 Å². The van der Waals surface area contributed by atoms with Gasteiger partial charge in [0.1, 0.15) is 5.75 Å². The zero-order chi connectivity index (χ0) is 23.6. The molecule has 0 spiro atoms. The normalized spacial score (nSPS) is 10.4. The molecule has 1 aromatic heterocycles. The molecule has 0 unspecified atom stereocenters. The summed E-state index contributed by atoms with van der Waals surface area (Å²) in [4.78, 5) is 40.0. The van der Waals surface area contributed by atoms with E-state index in [1.807, 2.05) is 12.3 Å². The van der Waals surface area contributed by atoms with Crippen molar-refractivity contribution in [3.05, 3.63) is 65.2 Å². The molecule has 8 nitrogen and oxygen atoms in total. The Labute approximate surface area is 200 Å². The lowest BCUT2D eigenvalue weighted by atomic mass is 10.2. The molecule has 0 bridgehead atoms. The number of ether oxygens (including phenoxy) is 1. The Balaban J connectivity index is 1.41. The highest BCUT2D eigenvalue weighted by molar-refractivity contribution is 7.99. The maximum absolute atomic E-state index is 12.4. The lowest BCUT2D eigenvalue weighted by molar-refractivity contribution is -0.114. The predicted octanol–water partition coefficient (Wildman–Crippen LogP) is 4.62. The number of nitrogens with zero attached hydrogens (tertiary/aromatic N) is 1. The van der Waals surface area contributed by atoms with Crippen molar-refractivity contribution in [2.45, 2.75) is 19.6 Å². The molecule has 0 saturated carbocycles. The van der Waals surface area contributed by atoms with E-state index in [9.17, 15) is 14.4 Å². The molecule has 3 amide bonds. The first-order chi connectivity index (χ1) is 15.9. The number of carbonyl (C=O) groups excluding carboxylic acids is 3. The van der Waals surface area contributed by atoms with Crippen LogP contribution in [0.2, 0.25) is 0 Å². The molecule has 0 fully saturated rings. The lowest BCUT2D eigenvalue weighted by Gasteiger charge is -2.06. The highest BCUT2D eigenvalue weighted by Crippen LogP contribution is 2.21. The Hall–Kier alpha value is -3.37. The molecule has 0 atom stereocenters. The lowest BCUT2D eigenvalue weighted by Crippen LogP contribution is -2.14. The number of carbonyl (C=O) groups is 3. The smallest absolute Gasteiger partial charge is 0.257 e. The number of hydrogen-bond donors (Lipinski definition) is 3. The number of nitrogens with one attached hydrogen (secondary N) is 3. The van der Waals surface area contributed by atoms with Crippen LogP contribution in [0, 0.1) is 0 Å². The van der Waals surface area contributed by atoms with Gasteiger partial charge in [-0.05, 0) is 55.5 Å². The quantitative estimate of drug-likeness (QED) is 0.387. The second-order valence-corrected chi connectivity index (χ2v) is 8.70. The van der Waals surface area contributed by atoms with Crippen LogP contribution in [-0.4, -0.2) is 35.1 Å². The van der Waals surface area contributed by atoms with Gasteiger partial charge in [-0.1, -0.05) is 0 Å². The molecule has 1 heterocycles. The standard InChI is InChI=1S/C23H24N4O4S2/c1-3-31-20-10-4-16(5-11-20)22(30)27-23-26-19(13-33-23)12-32-14-21(29)25-18-8-6-17(7-9-18)24-15(2)28/h4-11,13H,3,12,14H2,1-2H3,(H,24,28)(H,25,29)(H,26,27,30). The van der Waals surface area contributed by atoms with Gasteiger partial charge >= 0.3 is 0 Å². The average molecular weight is 485 g/mol. The number of amides is 3. The number of hydrogen-bond acceptors (Lipinski definition) is 7. The van der Waals surface area contributed by atoms with Crippen molar-refractivity contribution in [3.63, 3.8) is 0 Å². The summed E-state index contributed by atoms with van der Waals surface area (Å²) in [5.74, 6) is 1.00. The summed E-state index contributed by atoms with van der Waals surface area (Å²) in [6.07, 6.45) is 0. The number of benzene rings is 2. The summed E-state index contributed by atoms with van der Waals surface area (Å²) in [6, 6.07) is 13.8. The Bertz CT molecular complexity index is 1100. The summed E-state index contributed by atoms with van der Waals surface area (Å²) in [5.41, 5.74) is 2.64. The van der Waals surface area contributed by atoms with Gasteiger partial charge in [0.05, 0.1) is 18.1 Å². The molecule has 3 rings (SSSR count). The average Bonchev–Trinajstić information content (AvgIpc) is 3.22. The summed E-state index contributed by atoms with van der Waals surface area (Å²) in [6.45, 7) is 3.91. The number of thioether (sulfide) groups is 1. The first kappa shape index (κ1) is 24.3. The van der Waals surface area contributed by atoms with E-state index in [-0.39, 0.29) is 23.5 Å². The van der Waals surface area contributed by atoms with E-state index in [0.717, 1.165) is 5.69 Å². The maximum atomic E-state index is 12.4. The minimum Gasteiger partial charge on any atom is -0.494 e. The predicted molar refractivity (Wildman–Crippen MR) is 133 cm³/mol. The number of anilines is 3. The van der Waals surface area contributed by atoms with Crippen LogP contribution in [0.1, 0.15) is 29.9 Å². The highest BCUT2D eigenvalue weighted by Gasteiger charge is 2.10. The molecule has 3 aromatic rings. The van der Waals surface area contributed by atoms with Gasteiger partial charge in [0.25, 0.3) is 5.91 Å². The minimum atomic E-state index is -0.240. The van der Waals surface area contributed by atoms with Crippen molar-refractivity contribution in [2.75, 3.05) is 28.3 Å². The van der Waals surface area contributed by atoms with Crippen molar-refractivity contribution < 1.29 is 19.1 Å². The molecular formula is C23H24N4O4S2. The number of aromatic nitrogens is 1. The van der Waals surface area contributed by atoms with Crippen molar-refractivity contribution >= 4 is 57.3 Å². The maximum Gasteiger partial charge on any atom is 0.257 e. The van der Waals surface area contributed by atoms with Crippen LogP contribution in [0.25, 0.3) is 0 Å². The fourth-order valence-corrected chi connectivity index (χ4v) is 4.28. The first-order valence-corrected chi connectivity index (χ1v) is 12.2. The molecule has 172 valence electrons. The van der Waals surface area contributed by atoms with Crippen LogP contribution in [0.3, 0.4) is 0 Å². The van der Waals surface area contributed by atoms with Gasteiger partial charge in [0.2, 0.25) is 11.8 Å². The van der Waals surface area contributed by atoms with Crippen molar-refractivity contribution in [1.82, 2.24) is 4.98 Å². The molecule has 0 aliphatic rings. The summed E-state index contributed by atoms with van der Waals surface area (Å²) in [5, 5.41) is 10.6. The first-order valence-electron chi connectivity index (χ1n) is 10.2. The minimum absolute atomic E-state index is 0.133. The van der Waals surface area contributed by atoms with Crippen LogP contribution >= 0.6 is 23.1 Å². The molecular weight excluding hydrogens is 460 g/mol. The van der Waals surface area contributed by atoms with E-state index in [1.165, 1.54) is 30.0 Å². The molecule has 2 aromatic carbocycles. The van der Waals surface area contributed by atoms with Crippen molar-refractivity contribution in [1.29, 1.82) is 0 Å². The van der Waals surface area contributed by atoms with Gasteiger partial charge < -0.3 is 15.4 Å². The Morgan fingerprint density at radius 3 is 2.27 bits per heavy atom. The van der Waals surface area contributed by atoms with Crippen LogP contribution in [-0.2, 0) is 15.3 Å². The van der Waals surface area contributed by atoms with Crippen LogP contribution in [0.5, 0.6) is 5.75 Å². The van der Waals surface area contributed by atoms with Crippen molar-refractivity contribution in [3.8, 4) is 5.75 Å². The zero-order valence-electron chi connectivity index (χ0n) is 18.2. The third kappa shape index (κ3) is 7.92. The van der Waals surface area contributed by atoms with E-state index in [1.54, 1.807) is 48.5 Å². The monoisotopic (exact) mass is 484 g/mol. The molecule has 3 N–H and O–H groups in total. The molecule has 0 radical (unpaired) electrons. The fraction of sp³-hybridized carbons (Fsp3) is 0.217. The Morgan fingerprint density at radius 1 is 0.970 bits per heavy atom. The van der Waals surface area contributed by atoms with E-state index in [4.69, 9.17) is 4.74 Å². The molecule has 0 aliphatic carbocycles. The van der Waals surface area contributed by atoms with Crippen molar-refractivity contribution in [2.24, 2.45) is 0 Å². The molecule has 0 saturated heterocycles. The second-order valence-electron chi connectivity index (χ2n) is 6.86. The topological polar surface area (TPSA) is 109 Å². The largest absolute Gasteiger partial charge is 0.494 e. The van der Waals surface area contributed by atoms with Gasteiger partial charge in [-0.15, -0.1) is 23.1 Å². The number of rotatable bonds is 10.